The predicted octanol–water partition coefficient (Wildman–Crippen LogP) is 2.38. The molecule has 3 rings (SSSR count). The van der Waals surface area contributed by atoms with Crippen molar-refractivity contribution in [3.05, 3.63) is 17.5 Å². The average molecular weight is 348 g/mol. The van der Waals surface area contributed by atoms with Crippen LogP contribution in [-0.2, 0) is 0 Å². The number of hydrogen-bond donors (Lipinski definition) is 2. The summed E-state index contributed by atoms with van der Waals surface area (Å²) in [6.07, 6.45) is 9.97. The largest absolute Gasteiger partial charge is 0.388 e. The number of likely N-dealkylation sites (tertiary alicyclic amines) is 1. The molecule has 2 aliphatic rings. The van der Waals surface area contributed by atoms with Crippen molar-refractivity contribution in [1.82, 2.24) is 20.0 Å². The van der Waals surface area contributed by atoms with Gasteiger partial charge < -0.3 is 14.9 Å². The van der Waals surface area contributed by atoms with E-state index in [-0.39, 0.29) is 5.91 Å². The Balaban J connectivity index is 1.68. The molecule has 0 bridgehead atoms. The van der Waals surface area contributed by atoms with Crippen molar-refractivity contribution >= 4 is 5.91 Å². The van der Waals surface area contributed by atoms with Crippen LogP contribution in [0.15, 0.2) is 6.20 Å². The van der Waals surface area contributed by atoms with Crippen LogP contribution in [0.25, 0.3) is 0 Å². The molecular weight excluding hydrogens is 316 g/mol. The fourth-order valence-corrected chi connectivity index (χ4v) is 4.47. The average Bonchev–Trinajstić information content (AvgIpc) is 2.99. The summed E-state index contributed by atoms with van der Waals surface area (Å²) >= 11 is 0. The first-order valence-electron chi connectivity index (χ1n) is 9.68. The maximum atomic E-state index is 13.1. The first kappa shape index (κ1) is 18.4. The molecular formula is C19H32N4O2. The second kappa shape index (κ2) is 7.87. The topological polar surface area (TPSA) is 72.5 Å². The van der Waals surface area contributed by atoms with E-state index in [1.165, 1.54) is 19.3 Å². The van der Waals surface area contributed by atoms with Crippen LogP contribution in [-0.4, -0.2) is 70.3 Å². The Morgan fingerprint density at radius 1 is 1.28 bits per heavy atom. The van der Waals surface area contributed by atoms with Crippen LogP contribution in [0.2, 0.25) is 0 Å². The van der Waals surface area contributed by atoms with Crippen LogP contribution in [0.3, 0.4) is 0 Å². The molecule has 1 saturated carbocycles. The van der Waals surface area contributed by atoms with E-state index in [1.807, 2.05) is 23.9 Å². The van der Waals surface area contributed by atoms with Crippen molar-refractivity contribution in [3.8, 4) is 0 Å². The number of aliphatic hydroxyl groups is 1. The van der Waals surface area contributed by atoms with Gasteiger partial charge in [0, 0.05) is 25.6 Å². The van der Waals surface area contributed by atoms with E-state index in [0.29, 0.717) is 32.0 Å². The third kappa shape index (κ3) is 4.42. The lowest BCUT2D eigenvalue weighted by Crippen LogP contribution is -2.41. The van der Waals surface area contributed by atoms with Crippen molar-refractivity contribution in [1.29, 1.82) is 0 Å². The third-order valence-electron chi connectivity index (χ3n) is 5.73. The number of aromatic amines is 1. The highest BCUT2D eigenvalue weighted by Gasteiger charge is 2.33. The summed E-state index contributed by atoms with van der Waals surface area (Å²) in [5.41, 5.74) is 1.07. The Bertz CT molecular complexity index is 580. The molecule has 0 spiro atoms. The molecule has 25 heavy (non-hydrogen) atoms. The second-order valence-electron chi connectivity index (χ2n) is 8.14. The van der Waals surface area contributed by atoms with Gasteiger partial charge in [0.25, 0.3) is 5.91 Å². The molecule has 6 heteroatoms. The van der Waals surface area contributed by atoms with E-state index in [1.54, 1.807) is 6.20 Å². The monoisotopic (exact) mass is 348 g/mol. The number of rotatable bonds is 4. The summed E-state index contributed by atoms with van der Waals surface area (Å²) in [6.45, 7) is 1.97. The van der Waals surface area contributed by atoms with Crippen LogP contribution in [0, 0.1) is 0 Å². The van der Waals surface area contributed by atoms with Gasteiger partial charge in [-0.1, -0.05) is 19.3 Å². The number of aromatic nitrogens is 2. The van der Waals surface area contributed by atoms with Crippen LogP contribution >= 0.6 is 0 Å². The first-order chi connectivity index (χ1) is 12.0. The Morgan fingerprint density at radius 2 is 2.04 bits per heavy atom. The normalized spacial score (nSPS) is 26.0. The first-order valence-corrected chi connectivity index (χ1v) is 9.68. The van der Waals surface area contributed by atoms with Crippen LogP contribution in [0.4, 0.5) is 0 Å². The van der Waals surface area contributed by atoms with Gasteiger partial charge in [-0.3, -0.25) is 9.89 Å². The minimum atomic E-state index is -0.693. The van der Waals surface area contributed by atoms with Crippen LogP contribution in [0.5, 0.6) is 0 Å². The number of amides is 1. The van der Waals surface area contributed by atoms with Gasteiger partial charge in [0.1, 0.15) is 0 Å². The number of carbonyl (C=O) groups excluding carboxylic acids is 1. The lowest BCUT2D eigenvalue weighted by atomic mass is 9.85. The highest BCUT2D eigenvalue weighted by atomic mass is 16.3. The van der Waals surface area contributed by atoms with Gasteiger partial charge in [0.05, 0.1) is 23.1 Å². The molecule has 1 saturated heterocycles. The summed E-state index contributed by atoms with van der Waals surface area (Å²) in [7, 11) is 3.96. The SMILES string of the molecule is CN(C)C[C@]1(O)CCCN(C(=O)c2cn[nH]c2C2CCCCC2)CC1. The molecule has 2 N–H and O–H groups in total. The van der Waals surface area contributed by atoms with E-state index >= 15 is 0 Å². The molecule has 0 aromatic carbocycles. The second-order valence-corrected chi connectivity index (χ2v) is 8.14. The van der Waals surface area contributed by atoms with Gasteiger partial charge in [-0.2, -0.15) is 5.10 Å². The molecule has 140 valence electrons. The summed E-state index contributed by atoms with van der Waals surface area (Å²) in [5.74, 6) is 0.510. The minimum absolute atomic E-state index is 0.0726. The lowest BCUT2D eigenvalue weighted by molar-refractivity contribution is 0.00304. The Hall–Kier alpha value is -1.40. The maximum Gasteiger partial charge on any atom is 0.257 e. The van der Waals surface area contributed by atoms with Gasteiger partial charge in [0.15, 0.2) is 0 Å². The molecule has 1 amide bonds. The van der Waals surface area contributed by atoms with Crippen molar-refractivity contribution in [2.24, 2.45) is 0 Å². The van der Waals surface area contributed by atoms with Gasteiger partial charge >= 0.3 is 0 Å². The summed E-state index contributed by atoms with van der Waals surface area (Å²) < 4.78 is 0. The van der Waals surface area contributed by atoms with Gasteiger partial charge in [-0.15, -0.1) is 0 Å². The number of carbonyl (C=O) groups is 1. The molecule has 0 unspecified atom stereocenters. The molecule has 2 heterocycles. The fourth-order valence-electron chi connectivity index (χ4n) is 4.47. The smallest absolute Gasteiger partial charge is 0.257 e. The Kier molecular flexibility index (Phi) is 5.79. The number of nitrogens with one attached hydrogen (secondary N) is 1. The molecule has 1 aliphatic carbocycles. The van der Waals surface area contributed by atoms with Crippen molar-refractivity contribution in [2.45, 2.75) is 62.9 Å². The zero-order valence-electron chi connectivity index (χ0n) is 15.6. The lowest BCUT2D eigenvalue weighted by Gasteiger charge is -2.30. The zero-order valence-corrected chi connectivity index (χ0v) is 15.6. The number of nitrogens with zero attached hydrogens (tertiary/aromatic N) is 3. The van der Waals surface area contributed by atoms with E-state index in [9.17, 15) is 9.90 Å². The molecule has 1 aromatic rings. The number of H-pyrrole nitrogens is 1. The molecule has 1 aliphatic heterocycles. The molecule has 6 nitrogen and oxygen atoms in total. The highest BCUT2D eigenvalue weighted by molar-refractivity contribution is 5.95. The molecule has 2 fully saturated rings. The van der Waals surface area contributed by atoms with Gasteiger partial charge in [0.2, 0.25) is 0 Å². The van der Waals surface area contributed by atoms with E-state index in [4.69, 9.17) is 0 Å². The fraction of sp³-hybridized carbons (Fsp3) is 0.789. The van der Waals surface area contributed by atoms with Crippen molar-refractivity contribution in [2.75, 3.05) is 33.7 Å². The summed E-state index contributed by atoms with van der Waals surface area (Å²) in [6, 6.07) is 0. The maximum absolute atomic E-state index is 13.1. The van der Waals surface area contributed by atoms with Crippen molar-refractivity contribution in [3.63, 3.8) is 0 Å². The van der Waals surface area contributed by atoms with Gasteiger partial charge in [-0.25, -0.2) is 0 Å². The quantitative estimate of drug-likeness (QED) is 0.876. The minimum Gasteiger partial charge on any atom is -0.388 e. The van der Waals surface area contributed by atoms with Crippen LogP contribution in [0.1, 0.15) is 73.3 Å². The van der Waals surface area contributed by atoms with Gasteiger partial charge in [-0.05, 0) is 46.2 Å². The summed E-state index contributed by atoms with van der Waals surface area (Å²) in [5, 5.41) is 18.1. The number of likely N-dealkylation sites (N-methyl/N-ethyl adjacent to an activating group) is 1. The highest BCUT2D eigenvalue weighted by Crippen LogP contribution is 2.34. The van der Waals surface area contributed by atoms with Crippen molar-refractivity contribution < 1.29 is 9.90 Å². The van der Waals surface area contributed by atoms with E-state index in [0.717, 1.165) is 36.9 Å². The zero-order chi connectivity index (χ0) is 17.9. The standard InChI is InChI=1S/C19H32N4O2/c1-22(2)14-19(25)9-6-11-23(12-10-19)18(24)16-13-20-21-17(16)15-7-4-3-5-8-15/h13,15,25H,3-12,14H2,1-2H3,(H,20,21)/t19-/m0/s1. The van der Waals surface area contributed by atoms with Crippen LogP contribution < -0.4 is 0 Å². The molecule has 0 radical (unpaired) electrons. The van der Waals surface area contributed by atoms with E-state index in [2.05, 4.69) is 10.2 Å². The molecule has 1 atom stereocenters. The Morgan fingerprint density at radius 3 is 2.76 bits per heavy atom. The summed E-state index contributed by atoms with van der Waals surface area (Å²) in [4.78, 5) is 17.0. The number of hydrogen-bond acceptors (Lipinski definition) is 4. The predicted molar refractivity (Wildman–Crippen MR) is 97.7 cm³/mol. The van der Waals surface area contributed by atoms with E-state index < -0.39 is 5.60 Å². The molecule has 1 aromatic heterocycles. The Labute approximate surface area is 150 Å². The third-order valence-corrected chi connectivity index (χ3v) is 5.73.